The van der Waals surface area contributed by atoms with Crippen LogP contribution in [0.25, 0.3) is 21.9 Å². The maximum absolute atomic E-state index is 4.28. The van der Waals surface area contributed by atoms with Gasteiger partial charge in [0.25, 0.3) is 0 Å². The summed E-state index contributed by atoms with van der Waals surface area (Å²) in [4.78, 5) is 4.28. The molecule has 0 aliphatic carbocycles. The predicted octanol–water partition coefficient (Wildman–Crippen LogP) is 4.18. The van der Waals surface area contributed by atoms with Gasteiger partial charge >= 0.3 is 0 Å². The first-order valence-electron chi connectivity index (χ1n) is 6.90. The van der Waals surface area contributed by atoms with Gasteiger partial charge in [0.1, 0.15) is 0 Å². The monoisotopic (exact) mass is 262 g/mol. The summed E-state index contributed by atoms with van der Waals surface area (Å²) in [5.74, 6) is 0. The number of nitrogens with zero attached hydrogens (tertiary/aromatic N) is 1. The van der Waals surface area contributed by atoms with E-state index in [0.29, 0.717) is 6.04 Å². The van der Waals surface area contributed by atoms with Gasteiger partial charge in [0.05, 0.1) is 0 Å². The van der Waals surface area contributed by atoms with Crippen molar-refractivity contribution in [2.24, 2.45) is 0 Å². The molecule has 1 aromatic heterocycles. The van der Waals surface area contributed by atoms with Gasteiger partial charge < -0.3 is 5.32 Å². The Morgan fingerprint density at radius 2 is 1.75 bits per heavy atom. The number of aromatic nitrogens is 1. The Morgan fingerprint density at radius 3 is 2.60 bits per heavy atom. The Bertz CT molecular complexity index is 729. The molecule has 2 heteroatoms. The van der Waals surface area contributed by atoms with Crippen LogP contribution in [0.1, 0.15) is 18.5 Å². The molecule has 100 valence electrons. The number of pyridine rings is 1. The van der Waals surface area contributed by atoms with Gasteiger partial charge in [0.2, 0.25) is 0 Å². The van der Waals surface area contributed by atoms with Crippen molar-refractivity contribution in [1.29, 1.82) is 0 Å². The first kappa shape index (κ1) is 12.8. The molecule has 0 aliphatic heterocycles. The highest BCUT2D eigenvalue weighted by Gasteiger charge is 2.11. The van der Waals surface area contributed by atoms with Crippen LogP contribution in [0.2, 0.25) is 0 Å². The molecule has 0 bridgehead atoms. The normalized spacial score (nSPS) is 12.5. The van der Waals surface area contributed by atoms with E-state index in [2.05, 4.69) is 65.8 Å². The topological polar surface area (TPSA) is 24.9 Å². The Balaban J connectivity index is 2.26. The molecule has 20 heavy (non-hydrogen) atoms. The molecule has 3 rings (SSSR count). The van der Waals surface area contributed by atoms with Gasteiger partial charge in [-0.25, -0.2) is 0 Å². The number of hydrogen-bond donors (Lipinski definition) is 1. The number of benzene rings is 2. The van der Waals surface area contributed by atoms with Crippen LogP contribution in [0.5, 0.6) is 0 Å². The fraction of sp³-hybridized carbons (Fsp3) is 0.167. The van der Waals surface area contributed by atoms with Gasteiger partial charge in [0.15, 0.2) is 0 Å². The highest BCUT2D eigenvalue weighted by Crippen LogP contribution is 2.32. The Hall–Kier alpha value is -2.19. The zero-order valence-electron chi connectivity index (χ0n) is 11.8. The van der Waals surface area contributed by atoms with Crippen molar-refractivity contribution < 1.29 is 0 Å². The quantitative estimate of drug-likeness (QED) is 0.766. The van der Waals surface area contributed by atoms with Gasteiger partial charge in [-0.1, -0.05) is 42.5 Å². The predicted molar refractivity (Wildman–Crippen MR) is 84.7 cm³/mol. The van der Waals surface area contributed by atoms with Crippen molar-refractivity contribution in [3.05, 3.63) is 66.5 Å². The maximum Gasteiger partial charge on any atom is 0.0352 e. The van der Waals surface area contributed by atoms with Crippen molar-refractivity contribution in [2.75, 3.05) is 7.05 Å². The number of fused-ring (bicyclic) bond motifs is 1. The minimum atomic E-state index is 0.318. The first-order chi connectivity index (χ1) is 9.81. The second-order valence-electron chi connectivity index (χ2n) is 5.00. The summed E-state index contributed by atoms with van der Waals surface area (Å²) < 4.78 is 0. The lowest BCUT2D eigenvalue weighted by molar-refractivity contribution is 0.654. The van der Waals surface area contributed by atoms with Gasteiger partial charge in [-0.15, -0.1) is 0 Å². The van der Waals surface area contributed by atoms with Crippen LogP contribution in [-0.2, 0) is 0 Å². The maximum atomic E-state index is 4.28. The second kappa shape index (κ2) is 5.43. The molecular weight excluding hydrogens is 244 g/mol. The van der Waals surface area contributed by atoms with Crippen LogP contribution in [0.15, 0.2) is 60.9 Å². The summed E-state index contributed by atoms with van der Waals surface area (Å²) in [6.45, 7) is 2.18. The average Bonchev–Trinajstić information content (AvgIpc) is 2.53. The van der Waals surface area contributed by atoms with Crippen molar-refractivity contribution >= 4 is 10.8 Å². The molecule has 2 aromatic carbocycles. The van der Waals surface area contributed by atoms with Crippen molar-refractivity contribution in [1.82, 2.24) is 10.3 Å². The summed E-state index contributed by atoms with van der Waals surface area (Å²) in [6.07, 6.45) is 3.79. The van der Waals surface area contributed by atoms with E-state index in [1.54, 1.807) is 0 Å². The van der Waals surface area contributed by atoms with Crippen molar-refractivity contribution in [3.8, 4) is 11.1 Å². The molecule has 0 saturated carbocycles. The Labute approximate surface area is 119 Å². The zero-order valence-corrected chi connectivity index (χ0v) is 11.8. The average molecular weight is 262 g/mol. The Kier molecular flexibility index (Phi) is 3.48. The van der Waals surface area contributed by atoms with Crippen molar-refractivity contribution in [3.63, 3.8) is 0 Å². The van der Waals surface area contributed by atoms with E-state index in [1.165, 1.54) is 27.5 Å². The fourth-order valence-corrected chi connectivity index (χ4v) is 2.62. The number of rotatable bonds is 3. The lowest BCUT2D eigenvalue weighted by Gasteiger charge is -2.17. The smallest absolute Gasteiger partial charge is 0.0352 e. The Morgan fingerprint density at radius 1 is 0.950 bits per heavy atom. The minimum absolute atomic E-state index is 0.318. The number of nitrogens with one attached hydrogen (secondary N) is 1. The van der Waals surface area contributed by atoms with Crippen LogP contribution in [-0.4, -0.2) is 12.0 Å². The van der Waals surface area contributed by atoms with Crippen LogP contribution in [0.3, 0.4) is 0 Å². The van der Waals surface area contributed by atoms with E-state index in [4.69, 9.17) is 0 Å². The summed E-state index contributed by atoms with van der Waals surface area (Å²) in [5.41, 5.74) is 3.83. The first-order valence-corrected chi connectivity index (χ1v) is 6.90. The van der Waals surface area contributed by atoms with Crippen molar-refractivity contribution in [2.45, 2.75) is 13.0 Å². The summed E-state index contributed by atoms with van der Waals surface area (Å²) in [7, 11) is 1.99. The molecule has 0 fully saturated rings. The van der Waals surface area contributed by atoms with Gasteiger partial charge in [0, 0.05) is 23.8 Å². The summed E-state index contributed by atoms with van der Waals surface area (Å²) in [5, 5.41) is 5.75. The highest BCUT2D eigenvalue weighted by molar-refractivity contribution is 5.96. The molecule has 1 heterocycles. The fourth-order valence-electron chi connectivity index (χ4n) is 2.62. The molecule has 0 saturated heterocycles. The third kappa shape index (κ3) is 2.19. The van der Waals surface area contributed by atoms with E-state index in [9.17, 15) is 0 Å². The molecular formula is C18H18N2. The third-order valence-electron chi connectivity index (χ3n) is 3.83. The van der Waals surface area contributed by atoms with Crippen LogP contribution >= 0.6 is 0 Å². The van der Waals surface area contributed by atoms with E-state index >= 15 is 0 Å². The third-order valence-corrected chi connectivity index (χ3v) is 3.83. The highest BCUT2D eigenvalue weighted by atomic mass is 14.9. The van der Waals surface area contributed by atoms with Crippen LogP contribution in [0.4, 0.5) is 0 Å². The van der Waals surface area contributed by atoms with Crippen LogP contribution < -0.4 is 5.32 Å². The van der Waals surface area contributed by atoms with Gasteiger partial charge in [-0.3, -0.25) is 4.98 Å². The van der Waals surface area contributed by atoms with Gasteiger partial charge in [-0.05, 0) is 42.1 Å². The summed E-state index contributed by atoms with van der Waals surface area (Å²) in [6, 6.07) is 17.3. The SMILES string of the molecule is CNC(C)c1ccccc1-c1cccc2ccncc12. The van der Waals surface area contributed by atoms with E-state index in [1.807, 2.05) is 19.4 Å². The van der Waals surface area contributed by atoms with Gasteiger partial charge in [-0.2, -0.15) is 0 Å². The number of hydrogen-bond acceptors (Lipinski definition) is 2. The standard InChI is InChI=1S/C18H18N2/c1-13(19-2)15-7-3-4-8-16(15)17-9-5-6-14-10-11-20-12-18(14)17/h3-13,19H,1-2H3. The molecule has 0 aliphatic rings. The zero-order chi connectivity index (χ0) is 13.9. The van der Waals surface area contributed by atoms with Crippen LogP contribution in [0, 0.1) is 0 Å². The lowest BCUT2D eigenvalue weighted by Crippen LogP contribution is -2.13. The summed E-state index contributed by atoms with van der Waals surface area (Å²) >= 11 is 0. The molecule has 0 radical (unpaired) electrons. The van der Waals surface area contributed by atoms with E-state index in [-0.39, 0.29) is 0 Å². The molecule has 1 atom stereocenters. The molecule has 0 spiro atoms. The minimum Gasteiger partial charge on any atom is -0.313 e. The lowest BCUT2D eigenvalue weighted by atomic mass is 9.93. The molecule has 0 amide bonds. The second-order valence-corrected chi connectivity index (χ2v) is 5.00. The molecule has 1 N–H and O–H groups in total. The molecule has 3 aromatic rings. The largest absolute Gasteiger partial charge is 0.313 e. The molecule has 2 nitrogen and oxygen atoms in total. The van der Waals surface area contributed by atoms with E-state index in [0.717, 1.165) is 0 Å². The molecule has 1 unspecified atom stereocenters. The van der Waals surface area contributed by atoms with E-state index < -0.39 is 0 Å².